The van der Waals surface area contributed by atoms with Crippen LogP contribution in [0, 0.1) is 0 Å². The molecule has 316 valence electrons. The molecule has 6 heterocycles. The molecule has 18 heteroatoms. The molecule has 0 aliphatic carbocycles. The minimum atomic E-state index is -2.77. The fourth-order valence-electron chi connectivity index (χ4n) is 8.63. The Kier molecular flexibility index (Phi) is 12.5. The van der Waals surface area contributed by atoms with Crippen molar-refractivity contribution < 1.29 is 18.9 Å². The normalized spacial score (nSPS) is 18.5. The summed E-state index contributed by atoms with van der Waals surface area (Å²) in [6.07, 6.45) is 12.6. The van der Waals surface area contributed by atoms with Crippen molar-refractivity contribution in [1.29, 1.82) is 0 Å². The van der Waals surface area contributed by atoms with E-state index in [1.165, 1.54) is 11.3 Å². The van der Waals surface area contributed by atoms with Gasteiger partial charge in [-0.25, -0.2) is 9.97 Å². The van der Waals surface area contributed by atoms with Gasteiger partial charge >= 0.3 is 0 Å². The van der Waals surface area contributed by atoms with Crippen molar-refractivity contribution in [1.82, 2.24) is 44.6 Å². The summed E-state index contributed by atoms with van der Waals surface area (Å²) in [6.45, 7) is 13.5. The van der Waals surface area contributed by atoms with Gasteiger partial charge in [0.15, 0.2) is 0 Å². The molecule has 3 aromatic heterocycles. The fourth-order valence-corrected chi connectivity index (χ4v) is 10.3. The van der Waals surface area contributed by atoms with E-state index >= 15 is 0 Å². The Morgan fingerprint density at radius 2 is 1.72 bits per heavy atom. The summed E-state index contributed by atoms with van der Waals surface area (Å²) in [5.41, 5.74) is 5.85. The molecule has 0 spiro atoms. The first-order valence-corrected chi connectivity index (χ1v) is 24.0. The van der Waals surface area contributed by atoms with Crippen molar-refractivity contribution in [3.05, 3.63) is 71.1 Å². The Morgan fingerprint density at radius 3 is 2.45 bits per heavy atom. The third-order valence-electron chi connectivity index (χ3n) is 11.8. The first-order chi connectivity index (χ1) is 29.0. The number of rotatable bonds is 13. The van der Waals surface area contributed by atoms with E-state index in [0.717, 1.165) is 83.0 Å². The predicted octanol–water partition coefficient (Wildman–Crippen LogP) is 5.49. The Balaban J connectivity index is 0.869. The van der Waals surface area contributed by atoms with Crippen LogP contribution in [0.15, 0.2) is 59.9 Å². The number of ether oxygens (including phenoxy) is 1. The molecule has 1 unspecified atom stereocenters. The number of imidazole rings is 1. The third-order valence-corrected chi connectivity index (χ3v) is 13.9. The minimum absolute atomic E-state index is 0.206. The van der Waals surface area contributed by atoms with Crippen LogP contribution in [0.1, 0.15) is 49.8 Å². The highest BCUT2D eigenvalue weighted by Gasteiger charge is 2.31. The second kappa shape index (κ2) is 17.9. The number of carbonyl (C=O) groups excluding carboxylic acids is 2. The highest BCUT2D eigenvalue weighted by Crippen LogP contribution is 2.42. The van der Waals surface area contributed by atoms with Crippen molar-refractivity contribution in [2.75, 3.05) is 81.8 Å². The van der Waals surface area contributed by atoms with Gasteiger partial charge in [0.25, 0.3) is 0 Å². The van der Waals surface area contributed by atoms with Gasteiger partial charge in [-0.1, -0.05) is 6.92 Å². The van der Waals surface area contributed by atoms with Gasteiger partial charge in [0.05, 0.1) is 51.7 Å². The molecule has 0 radical (unpaired) electrons. The number of imide groups is 1. The molecule has 2 amide bonds. The average molecular weight is 900 g/mol. The number of amides is 2. The minimum Gasteiger partial charge on any atom is -0.494 e. The first-order valence-electron chi connectivity index (χ1n) is 20.6. The molecule has 3 saturated heterocycles. The van der Waals surface area contributed by atoms with Crippen molar-refractivity contribution in [3.8, 4) is 5.75 Å². The van der Waals surface area contributed by atoms with Crippen LogP contribution in [0.4, 0.5) is 28.8 Å². The number of aromatic nitrogens is 6. The molecule has 1 atom stereocenters. The number of nitrogens with zero attached hydrogens (tertiary/aromatic N) is 9. The lowest BCUT2D eigenvalue weighted by Crippen LogP contribution is -2.53. The molecular formula is C42H52BrN12O4P. The Morgan fingerprint density at radius 1 is 0.933 bits per heavy atom. The summed E-state index contributed by atoms with van der Waals surface area (Å²) in [7, 11) is -1.08. The van der Waals surface area contributed by atoms with E-state index in [0.29, 0.717) is 62.9 Å². The van der Waals surface area contributed by atoms with Gasteiger partial charge in [0, 0.05) is 101 Å². The number of carbonyl (C=O) groups is 2. The van der Waals surface area contributed by atoms with Crippen LogP contribution in [0.5, 0.6) is 5.75 Å². The van der Waals surface area contributed by atoms with Crippen LogP contribution >= 0.6 is 23.1 Å². The zero-order valence-electron chi connectivity index (χ0n) is 34.5. The van der Waals surface area contributed by atoms with E-state index in [1.807, 2.05) is 18.3 Å². The van der Waals surface area contributed by atoms with E-state index in [2.05, 4.69) is 90.1 Å². The number of methoxy groups -OCH3 is 1. The van der Waals surface area contributed by atoms with Crippen LogP contribution in [-0.2, 0) is 27.1 Å². The summed E-state index contributed by atoms with van der Waals surface area (Å²) < 4.78 is 22.2. The van der Waals surface area contributed by atoms with Gasteiger partial charge in [0.2, 0.25) is 17.8 Å². The molecule has 8 rings (SSSR count). The number of piperidine rings is 2. The molecule has 60 heavy (non-hydrogen) atoms. The summed E-state index contributed by atoms with van der Waals surface area (Å²) in [5.74, 6) is 0.798. The number of nitrogens with one attached hydrogen (secondary N) is 3. The Bertz CT molecular complexity index is 2430. The first kappa shape index (κ1) is 41.8. The highest BCUT2D eigenvalue weighted by molar-refractivity contribution is 9.10. The monoisotopic (exact) mass is 898 g/mol. The molecule has 16 nitrogen and oxygen atoms in total. The fraction of sp³-hybridized carbons (Fsp3) is 0.452. The standard InChI is InChI=1S/C42H52BrN12O4P/c1-5-27-22-33(49-42-46-24-30(43)40(51-42)48-32-8-7-31-38(45-13-12-44-31)39(32)60(3,4)58)36(59-2)23-35(27)55-14-10-28(11-15-55)54-20-18-52(19-21-54)16-17-53-25-34(47-26-53)29-6-9-37(56)50-41(29)57/h7-8,12-13,22-26,28-29H,5-6,9-11,14-21H2,1-4H3,(H,50,56,57)(H2,46,48,49,51). The molecule has 2 aromatic carbocycles. The van der Waals surface area contributed by atoms with E-state index < -0.39 is 7.14 Å². The number of halogens is 1. The molecule has 3 fully saturated rings. The van der Waals surface area contributed by atoms with E-state index in [4.69, 9.17) is 9.72 Å². The maximum atomic E-state index is 13.5. The number of aryl methyl sites for hydroxylation is 1. The summed E-state index contributed by atoms with van der Waals surface area (Å²) in [6, 6.07) is 8.55. The summed E-state index contributed by atoms with van der Waals surface area (Å²) in [5, 5.41) is 9.83. The lowest BCUT2D eigenvalue weighted by Gasteiger charge is -2.43. The number of hydrogen-bond donors (Lipinski definition) is 3. The van der Waals surface area contributed by atoms with Crippen LogP contribution in [0.25, 0.3) is 11.0 Å². The second-order valence-electron chi connectivity index (χ2n) is 16.0. The SMILES string of the molecule is CCc1cc(Nc2ncc(Br)c(Nc3ccc4nccnc4c3P(C)(C)=O)n2)c(OC)cc1N1CCC(N2CCN(CCn3cnc(C4CCC(=O)NC4=O)c3)CC2)CC1. The Hall–Kier alpha value is -4.96. The summed E-state index contributed by atoms with van der Waals surface area (Å²) >= 11 is 3.60. The van der Waals surface area contributed by atoms with Crippen LogP contribution < -0.4 is 30.9 Å². The zero-order valence-corrected chi connectivity index (χ0v) is 37.0. The van der Waals surface area contributed by atoms with Crippen molar-refractivity contribution >= 4 is 80.1 Å². The van der Waals surface area contributed by atoms with Gasteiger partial charge in [0.1, 0.15) is 24.2 Å². The summed E-state index contributed by atoms with van der Waals surface area (Å²) in [4.78, 5) is 54.3. The smallest absolute Gasteiger partial charge is 0.235 e. The van der Waals surface area contributed by atoms with E-state index in [9.17, 15) is 14.2 Å². The van der Waals surface area contributed by atoms with Crippen molar-refractivity contribution in [2.24, 2.45) is 0 Å². The molecule has 3 N–H and O–H groups in total. The van der Waals surface area contributed by atoms with E-state index in [-0.39, 0.29) is 17.7 Å². The quantitative estimate of drug-likeness (QED) is 0.1000. The van der Waals surface area contributed by atoms with Gasteiger partial charge in [-0.2, -0.15) is 4.98 Å². The second-order valence-corrected chi connectivity index (χ2v) is 20.1. The number of anilines is 5. The Labute approximate surface area is 358 Å². The van der Waals surface area contributed by atoms with E-state index in [1.54, 1.807) is 45.4 Å². The number of piperazine rings is 1. The number of hydrogen-bond acceptors (Lipinski definition) is 14. The van der Waals surface area contributed by atoms with Gasteiger partial charge in [-0.05, 0) is 78.7 Å². The number of fused-ring (bicyclic) bond motifs is 1. The molecule has 3 aliphatic rings. The van der Waals surface area contributed by atoms with Crippen molar-refractivity contribution in [2.45, 2.75) is 57.5 Å². The third kappa shape index (κ3) is 9.19. The predicted molar refractivity (Wildman–Crippen MR) is 238 cm³/mol. The number of benzene rings is 2. The van der Waals surface area contributed by atoms with Crippen LogP contribution in [0.3, 0.4) is 0 Å². The highest BCUT2D eigenvalue weighted by atomic mass is 79.9. The maximum Gasteiger partial charge on any atom is 0.235 e. The van der Waals surface area contributed by atoms with Crippen LogP contribution in [-0.4, -0.2) is 123 Å². The van der Waals surface area contributed by atoms with Gasteiger partial charge in [-0.15, -0.1) is 0 Å². The lowest BCUT2D eigenvalue weighted by atomic mass is 9.95. The van der Waals surface area contributed by atoms with Gasteiger partial charge < -0.3 is 29.4 Å². The average Bonchev–Trinajstić information content (AvgIpc) is 3.72. The maximum absolute atomic E-state index is 13.5. The molecule has 3 aliphatic heterocycles. The van der Waals surface area contributed by atoms with Crippen LogP contribution in [0.2, 0.25) is 0 Å². The van der Waals surface area contributed by atoms with Gasteiger partial charge in [-0.3, -0.25) is 34.7 Å². The van der Waals surface area contributed by atoms with Crippen molar-refractivity contribution in [3.63, 3.8) is 0 Å². The molecule has 0 bridgehead atoms. The zero-order chi connectivity index (χ0) is 42.0. The largest absolute Gasteiger partial charge is 0.494 e. The molecular weight excluding hydrogens is 847 g/mol. The topological polar surface area (TPSA) is 176 Å². The molecule has 5 aromatic rings. The molecule has 0 saturated carbocycles. The lowest BCUT2D eigenvalue weighted by molar-refractivity contribution is -0.134.